The lowest BCUT2D eigenvalue weighted by Gasteiger charge is -2.07. The van der Waals surface area contributed by atoms with Crippen molar-refractivity contribution in [2.24, 2.45) is 0 Å². The first-order valence-electron chi connectivity index (χ1n) is 4.14. The smallest absolute Gasteiger partial charge is 0.238 e. The van der Waals surface area contributed by atoms with E-state index in [9.17, 15) is 4.79 Å². The number of amides is 1. The predicted molar refractivity (Wildman–Crippen MR) is 47.8 cm³/mol. The fraction of sp³-hybridized carbons (Fsp3) is 0.875. The summed E-state index contributed by atoms with van der Waals surface area (Å²) in [5, 5.41) is 2.35. The van der Waals surface area contributed by atoms with E-state index in [1.54, 1.807) is 0 Å². The van der Waals surface area contributed by atoms with Crippen molar-refractivity contribution in [1.29, 1.82) is 0 Å². The Morgan fingerprint density at radius 2 is 2.18 bits per heavy atom. The normalized spacial score (nSPS) is 12.6. The molecule has 0 aliphatic heterocycles. The Morgan fingerprint density at radius 1 is 1.55 bits per heavy atom. The van der Waals surface area contributed by atoms with Gasteiger partial charge in [0.1, 0.15) is 5.38 Å². The molecule has 1 N–H and O–H groups in total. The Balaban J connectivity index is 3.46. The summed E-state index contributed by atoms with van der Waals surface area (Å²) in [5.74, 6) is -0.0392. The third-order valence-electron chi connectivity index (χ3n) is 1.45. The molecule has 0 aromatic rings. The van der Waals surface area contributed by atoms with Gasteiger partial charge in [0.2, 0.25) is 5.91 Å². The molecule has 1 unspecified atom stereocenters. The Labute approximate surface area is 73.3 Å². The van der Waals surface area contributed by atoms with Gasteiger partial charge in [-0.2, -0.15) is 0 Å². The predicted octanol–water partition coefficient (Wildman–Crippen LogP) is 1.92. The molecule has 0 rings (SSSR count). The number of nitrogens with one attached hydrogen (secondary N) is 1. The maximum absolute atomic E-state index is 11.0. The Bertz CT molecular complexity index is 117. The van der Waals surface area contributed by atoms with Crippen LogP contribution in [0.3, 0.4) is 0 Å². The largest absolute Gasteiger partial charge is 0.355 e. The van der Waals surface area contributed by atoms with Crippen molar-refractivity contribution >= 4 is 17.5 Å². The molecule has 0 fully saturated rings. The quantitative estimate of drug-likeness (QED) is 0.639. The van der Waals surface area contributed by atoms with E-state index in [0.29, 0.717) is 6.54 Å². The number of hydrogen-bond donors (Lipinski definition) is 1. The molecule has 1 amide bonds. The number of rotatable bonds is 5. The van der Waals surface area contributed by atoms with Gasteiger partial charge in [-0.05, 0) is 13.3 Å². The first-order valence-corrected chi connectivity index (χ1v) is 4.57. The summed E-state index contributed by atoms with van der Waals surface area (Å²) in [5.41, 5.74) is 0. The van der Waals surface area contributed by atoms with Crippen molar-refractivity contribution in [3.05, 3.63) is 0 Å². The van der Waals surface area contributed by atoms with E-state index < -0.39 is 0 Å². The van der Waals surface area contributed by atoms with Crippen molar-refractivity contribution in [3.8, 4) is 0 Å². The van der Waals surface area contributed by atoms with Gasteiger partial charge in [0.15, 0.2) is 0 Å². The van der Waals surface area contributed by atoms with E-state index in [1.165, 1.54) is 0 Å². The van der Waals surface area contributed by atoms with Crippen LogP contribution in [0.4, 0.5) is 0 Å². The fourth-order valence-corrected chi connectivity index (χ4v) is 1.03. The molecule has 0 heterocycles. The topological polar surface area (TPSA) is 29.1 Å². The van der Waals surface area contributed by atoms with Crippen LogP contribution in [0.5, 0.6) is 0 Å². The van der Waals surface area contributed by atoms with Crippen LogP contribution < -0.4 is 5.32 Å². The number of carbonyl (C=O) groups is 1. The molecule has 0 bridgehead atoms. The highest BCUT2D eigenvalue weighted by Crippen LogP contribution is 2.06. The van der Waals surface area contributed by atoms with Crippen LogP contribution in [0, 0.1) is 0 Å². The van der Waals surface area contributed by atoms with Crippen LogP contribution in [-0.4, -0.2) is 17.8 Å². The highest BCUT2D eigenvalue weighted by atomic mass is 35.5. The molecule has 0 aliphatic carbocycles. The van der Waals surface area contributed by atoms with Gasteiger partial charge in [0, 0.05) is 6.54 Å². The molecule has 0 saturated heterocycles. The summed E-state index contributed by atoms with van der Waals surface area (Å²) < 4.78 is 0. The van der Waals surface area contributed by atoms with Gasteiger partial charge in [0.05, 0.1) is 0 Å². The fourth-order valence-electron chi connectivity index (χ4n) is 0.799. The van der Waals surface area contributed by atoms with E-state index in [2.05, 4.69) is 12.2 Å². The van der Waals surface area contributed by atoms with Crippen molar-refractivity contribution in [3.63, 3.8) is 0 Å². The Kier molecular flexibility index (Phi) is 6.33. The van der Waals surface area contributed by atoms with Crippen molar-refractivity contribution in [2.75, 3.05) is 6.54 Å². The second-order valence-corrected chi connectivity index (χ2v) is 3.03. The Morgan fingerprint density at radius 3 is 2.64 bits per heavy atom. The maximum Gasteiger partial charge on any atom is 0.238 e. The lowest BCUT2D eigenvalue weighted by molar-refractivity contribution is -0.120. The Hall–Kier alpha value is -0.240. The monoisotopic (exact) mass is 177 g/mol. The average Bonchev–Trinajstić information content (AvgIpc) is 2.00. The first-order chi connectivity index (χ1) is 5.22. The highest BCUT2D eigenvalue weighted by molar-refractivity contribution is 6.30. The molecule has 66 valence electrons. The second kappa shape index (κ2) is 6.47. The van der Waals surface area contributed by atoms with Gasteiger partial charge in [-0.25, -0.2) is 0 Å². The van der Waals surface area contributed by atoms with E-state index in [-0.39, 0.29) is 11.3 Å². The molecular weight excluding hydrogens is 162 g/mol. The van der Waals surface area contributed by atoms with Gasteiger partial charge in [-0.3, -0.25) is 4.79 Å². The summed E-state index contributed by atoms with van der Waals surface area (Å²) in [4.78, 5) is 11.0. The maximum atomic E-state index is 11.0. The van der Waals surface area contributed by atoms with Gasteiger partial charge < -0.3 is 5.32 Å². The average molecular weight is 178 g/mol. The van der Waals surface area contributed by atoms with Crippen molar-refractivity contribution in [2.45, 2.75) is 38.5 Å². The van der Waals surface area contributed by atoms with Crippen LogP contribution >= 0.6 is 11.6 Å². The minimum absolute atomic E-state index is 0.0392. The van der Waals surface area contributed by atoms with Crippen LogP contribution in [0.1, 0.15) is 33.1 Å². The second-order valence-electron chi connectivity index (χ2n) is 2.50. The van der Waals surface area contributed by atoms with Crippen molar-refractivity contribution in [1.82, 2.24) is 5.32 Å². The summed E-state index contributed by atoms with van der Waals surface area (Å²) in [6, 6.07) is 0. The lowest BCUT2D eigenvalue weighted by Crippen LogP contribution is -2.30. The zero-order valence-corrected chi connectivity index (χ0v) is 7.95. The molecular formula is C8H16ClNO. The standard InChI is InChI=1S/C8H16ClNO/c1-3-5-6-7(9)8(11)10-4-2/h7H,3-6H2,1-2H3,(H,10,11). The number of halogens is 1. The van der Waals surface area contributed by atoms with Crippen LogP contribution in [0.15, 0.2) is 0 Å². The lowest BCUT2D eigenvalue weighted by atomic mass is 10.2. The van der Waals surface area contributed by atoms with Crippen LogP contribution in [0.25, 0.3) is 0 Å². The van der Waals surface area contributed by atoms with Gasteiger partial charge in [-0.15, -0.1) is 11.6 Å². The molecule has 0 aliphatic rings. The molecule has 1 atom stereocenters. The van der Waals surface area contributed by atoms with Gasteiger partial charge in [0.25, 0.3) is 0 Å². The van der Waals surface area contributed by atoms with E-state index in [1.807, 2.05) is 6.92 Å². The third kappa shape index (κ3) is 5.08. The number of unbranched alkanes of at least 4 members (excludes halogenated alkanes) is 1. The zero-order valence-electron chi connectivity index (χ0n) is 7.19. The minimum Gasteiger partial charge on any atom is -0.355 e. The van der Waals surface area contributed by atoms with E-state index in [0.717, 1.165) is 19.3 Å². The van der Waals surface area contributed by atoms with Crippen molar-refractivity contribution < 1.29 is 4.79 Å². The SMILES string of the molecule is CCCCC(Cl)C(=O)NCC. The molecule has 11 heavy (non-hydrogen) atoms. The summed E-state index contributed by atoms with van der Waals surface area (Å²) in [6.45, 7) is 4.64. The summed E-state index contributed by atoms with van der Waals surface area (Å²) >= 11 is 5.78. The van der Waals surface area contributed by atoms with Gasteiger partial charge in [-0.1, -0.05) is 19.8 Å². The number of alkyl halides is 1. The summed E-state index contributed by atoms with van der Waals surface area (Å²) in [6.07, 6.45) is 2.89. The number of carbonyl (C=O) groups excluding carboxylic acids is 1. The molecule has 3 heteroatoms. The molecule has 2 nitrogen and oxygen atoms in total. The molecule has 0 saturated carbocycles. The van der Waals surface area contributed by atoms with E-state index >= 15 is 0 Å². The third-order valence-corrected chi connectivity index (χ3v) is 1.86. The molecule has 0 radical (unpaired) electrons. The number of hydrogen-bond acceptors (Lipinski definition) is 1. The first kappa shape index (κ1) is 10.8. The van der Waals surface area contributed by atoms with Gasteiger partial charge >= 0.3 is 0 Å². The highest BCUT2D eigenvalue weighted by Gasteiger charge is 2.12. The van der Waals surface area contributed by atoms with E-state index in [4.69, 9.17) is 11.6 Å². The molecule has 0 spiro atoms. The molecule has 0 aromatic heterocycles. The van der Waals surface area contributed by atoms with Crippen LogP contribution in [0.2, 0.25) is 0 Å². The van der Waals surface area contributed by atoms with Crippen LogP contribution in [-0.2, 0) is 4.79 Å². The zero-order chi connectivity index (χ0) is 8.69. The molecule has 0 aromatic carbocycles. The summed E-state index contributed by atoms with van der Waals surface area (Å²) in [7, 11) is 0. The minimum atomic E-state index is -0.338.